The molecule has 0 saturated carbocycles. The van der Waals surface area contributed by atoms with E-state index < -0.39 is 17.9 Å². The number of Topliss-reactive ketones (excluding diaryl/α,β-unsaturated/α-hetero) is 1. The van der Waals surface area contributed by atoms with Crippen LogP contribution in [0.25, 0.3) is 0 Å². The van der Waals surface area contributed by atoms with Gasteiger partial charge >= 0.3 is 12.0 Å². The van der Waals surface area contributed by atoms with Crippen molar-refractivity contribution in [1.82, 2.24) is 0 Å². The number of ketones is 1. The number of rotatable bonds is 5. The maximum absolute atomic E-state index is 12.1. The summed E-state index contributed by atoms with van der Waals surface area (Å²) in [6.45, 7) is 3.49. The van der Waals surface area contributed by atoms with E-state index in [1.807, 2.05) is 6.07 Å². The number of hydrogen-bond acceptors (Lipinski definition) is 5. The molecule has 1 aliphatic rings. The molecular weight excluding hydrogens is 316 g/mol. The van der Waals surface area contributed by atoms with Crippen molar-refractivity contribution in [3.05, 3.63) is 35.9 Å². The van der Waals surface area contributed by atoms with Crippen LogP contribution in [0.3, 0.4) is 0 Å². The Hall–Kier alpha value is -2.28. The van der Waals surface area contributed by atoms with E-state index in [9.17, 15) is 14.4 Å². The molecule has 0 N–H and O–H groups in total. The first-order chi connectivity index (χ1) is 11.0. The van der Waals surface area contributed by atoms with Crippen molar-refractivity contribution in [2.45, 2.75) is 13.8 Å². The van der Waals surface area contributed by atoms with Crippen LogP contribution in [0.15, 0.2) is 40.3 Å². The molecule has 0 spiro atoms. The van der Waals surface area contributed by atoms with Gasteiger partial charge in [-0.25, -0.2) is 4.79 Å². The molecule has 0 fully saturated rings. The molecule has 1 aliphatic heterocycles. The highest BCUT2D eigenvalue weighted by Gasteiger charge is 2.33. The van der Waals surface area contributed by atoms with E-state index in [2.05, 4.69) is 9.98 Å². The quantitative estimate of drug-likeness (QED) is 0.611. The molecule has 1 heterocycles. The normalized spacial score (nSPS) is 17.3. The van der Waals surface area contributed by atoms with Gasteiger partial charge in [0.05, 0.1) is 17.4 Å². The van der Waals surface area contributed by atoms with Crippen LogP contribution in [0.2, 0.25) is 0 Å². The maximum atomic E-state index is 12.1. The fourth-order valence-corrected chi connectivity index (χ4v) is 3.06. The smallest absolute Gasteiger partial charge is 0.367 e. The molecule has 0 aromatic heterocycles. The predicted molar refractivity (Wildman–Crippen MR) is 89.3 cm³/mol. The summed E-state index contributed by atoms with van der Waals surface area (Å²) in [4.78, 5) is 43.2. The minimum absolute atomic E-state index is 0.0827. The van der Waals surface area contributed by atoms with Crippen molar-refractivity contribution in [1.29, 1.82) is 0 Å². The zero-order valence-corrected chi connectivity index (χ0v) is 13.6. The third-order valence-electron chi connectivity index (χ3n) is 3.11. The summed E-state index contributed by atoms with van der Waals surface area (Å²) in [5.41, 5.74) is 0.902. The molecule has 1 aromatic carbocycles. The third kappa shape index (κ3) is 4.35. The summed E-state index contributed by atoms with van der Waals surface area (Å²) in [5.74, 6) is -1.35. The Morgan fingerprint density at radius 3 is 2.57 bits per heavy atom. The number of esters is 1. The Morgan fingerprint density at radius 1 is 1.22 bits per heavy atom. The number of aliphatic imine (C=N–C) groups is 2. The average molecular weight is 332 g/mol. The van der Waals surface area contributed by atoms with E-state index in [0.29, 0.717) is 11.3 Å². The molecule has 1 unspecified atom stereocenters. The average Bonchev–Trinajstić information content (AvgIpc) is 2.53. The zero-order chi connectivity index (χ0) is 16.8. The van der Waals surface area contributed by atoms with Crippen LogP contribution in [0.5, 0.6) is 0 Å². The highest BCUT2D eigenvalue weighted by Crippen LogP contribution is 2.22. The number of nitrogens with zero attached hydrogens (tertiary/aromatic N) is 2. The molecule has 1 atom stereocenters. The molecule has 0 saturated heterocycles. The third-order valence-corrected chi connectivity index (χ3v) is 4.14. The van der Waals surface area contributed by atoms with Crippen molar-refractivity contribution in [2.75, 3.05) is 12.4 Å². The van der Waals surface area contributed by atoms with Crippen LogP contribution in [0, 0.1) is 5.92 Å². The summed E-state index contributed by atoms with van der Waals surface area (Å²) in [7, 11) is 0. The molecule has 7 heteroatoms. The van der Waals surface area contributed by atoms with Gasteiger partial charge < -0.3 is 4.74 Å². The lowest BCUT2D eigenvalue weighted by Gasteiger charge is -2.19. The highest BCUT2D eigenvalue weighted by molar-refractivity contribution is 8.14. The van der Waals surface area contributed by atoms with Gasteiger partial charge in [-0.15, -0.1) is 11.8 Å². The van der Waals surface area contributed by atoms with Crippen LogP contribution in [-0.4, -0.2) is 40.9 Å². The summed E-state index contributed by atoms with van der Waals surface area (Å²) < 4.78 is 5.00. The van der Waals surface area contributed by atoms with Gasteiger partial charge in [-0.3, -0.25) is 9.59 Å². The van der Waals surface area contributed by atoms with Crippen LogP contribution in [0.4, 0.5) is 4.79 Å². The van der Waals surface area contributed by atoms with Crippen molar-refractivity contribution < 1.29 is 19.1 Å². The first-order valence-corrected chi connectivity index (χ1v) is 8.07. The molecule has 2 rings (SSSR count). The molecular formula is C16H16N2O4S. The topological polar surface area (TPSA) is 85.2 Å². The molecule has 0 aliphatic carbocycles. The second-order valence-electron chi connectivity index (χ2n) is 4.75. The lowest BCUT2D eigenvalue weighted by atomic mass is 10.1. The molecule has 2 amide bonds. The predicted octanol–water partition coefficient (Wildman–Crippen LogP) is 2.77. The van der Waals surface area contributed by atoms with Gasteiger partial charge in [-0.05, 0) is 13.8 Å². The van der Waals surface area contributed by atoms with Crippen LogP contribution in [0.1, 0.15) is 24.2 Å². The number of thioether (sulfide) groups is 1. The van der Waals surface area contributed by atoms with Gasteiger partial charge in [0.2, 0.25) is 0 Å². The molecule has 23 heavy (non-hydrogen) atoms. The van der Waals surface area contributed by atoms with Gasteiger partial charge in [0, 0.05) is 11.3 Å². The number of amides is 2. The van der Waals surface area contributed by atoms with Crippen molar-refractivity contribution in [3.8, 4) is 0 Å². The van der Waals surface area contributed by atoms with E-state index >= 15 is 0 Å². The van der Waals surface area contributed by atoms with Crippen molar-refractivity contribution in [2.24, 2.45) is 15.9 Å². The lowest BCUT2D eigenvalue weighted by Crippen LogP contribution is -2.34. The number of carbonyl (C=O) groups excluding carboxylic acids is 3. The highest BCUT2D eigenvalue weighted by atomic mass is 32.2. The zero-order valence-electron chi connectivity index (χ0n) is 12.8. The maximum Gasteiger partial charge on any atom is 0.367 e. The number of ether oxygens (including phenoxy) is 1. The Labute approximate surface area is 138 Å². The van der Waals surface area contributed by atoms with Crippen LogP contribution in [-0.2, 0) is 9.53 Å². The second kappa shape index (κ2) is 7.82. The fourth-order valence-electron chi connectivity index (χ4n) is 2.04. The van der Waals surface area contributed by atoms with E-state index in [0.717, 1.165) is 11.8 Å². The SMILES string of the molecule is CCOC(=O)C1C(C)=NC(=O)N=C1SCC(=O)c1ccccc1. The standard InChI is InChI=1S/C16H16N2O4S/c1-3-22-15(20)13-10(2)17-16(21)18-14(13)23-9-12(19)11-7-5-4-6-8-11/h4-8,13H,3,9H2,1-2H3. The number of carbonyl (C=O) groups is 3. The number of urea groups is 1. The van der Waals surface area contributed by atoms with Crippen LogP contribution < -0.4 is 0 Å². The minimum Gasteiger partial charge on any atom is -0.465 e. The summed E-state index contributed by atoms with van der Waals surface area (Å²) in [6, 6.07) is 8.14. The molecule has 120 valence electrons. The van der Waals surface area contributed by atoms with E-state index in [-0.39, 0.29) is 23.2 Å². The monoisotopic (exact) mass is 332 g/mol. The summed E-state index contributed by atoms with van der Waals surface area (Å²) >= 11 is 1.07. The Morgan fingerprint density at radius 2 is 1.91 bits per heavy atom. The molecule has 0 bridgehead atoms. The fraction of sp³-hybridized carbons (Fsp3) is 0.312. The number of benzene rings is 1. The number of hydrogen-bond donors (Lipinski definition) is 0. The van der Waals surface area contributed by atoms with Gasteiger partial charge in [0.1, 0.15) is 5.92 Å². The van der Waals surface area contributed by atoms with E-state index in [1.165, 1.54) is 0 Å². The van der Waals surface area contributed by atoms with E-state index in [4.69, 9.17) is 4.74 Å². The first-order valence-electron chi connectivity index (χ1n) is 7.08. The Balaban J connectivity index is 2.11. The van der Waals surface area contributed by atoms with Crippen molar-refractivity contribution >= 4 is 40.3 Å². The lowest BCUT2D eigenvalue weighted by molar-refractivity contribution is -0.143. The van der Waals surface area contributed by atoms with Gasteiger partial charge in [0.25, 0.3) is 0 Å². The van der Waals surface area contributed by atoms with Gasteiger partial charge in [-0.2, -0.15) is 9.98 Å². The first kappa shape index (κ1) is 17.1. The van der Waals surface area contributed by atoms with Gasteiger partial charge in [-0.1, -0.05) is 30.3 Å². The minimum atomic E-state index is -0.818. The van der Waals surface area contributed by atoms with Crippen LogP contribution >= 0.6 is 11.8 Å². The van der Waals surface area contributed by atoms with Crippen molar-refractivity contribution in [3.63, 3.8) is 0 Å². The summed E-state index contributed by atoms with van der Waals surface area (Å²) in [5, 5.41) is 0.255. The molecule has 1 aromatic rings. The largest absolute Gasteiger partial charge is 0.465 e. The molecule has 0 radical (unpaired) electrons. The molecule has 6 nitrogen and oxygen atoms in total. The van der Waals surface area contributed by atoms with Gasteiger partial charge in [0.15, 0.2) is 5.78 Å². The second-order valence-corrected chi connectivity index (χ2v) is 5.74. The Bertz CT molecular complexity index is 683. The summed E-state index contributed by atoms with van der Waals surface area (Å²) in [6.07, 6.45) is 0. The Kier molecular flexibility index (Phi) is 5.81. The van der Waals surface area contributed by atoms with E-state index in [1.54, 1.807) is 38.1 Å².